The largest absolute Gasteiger partial charge is 0.309 e. The van der Waals surface area contributed by atoms with Gasteiger partial charge in [-0.1, -0.05) is 36.0 Å². The van der Waals surface area contributed by atoms with Gasteiger partial charge in [-0.25, -0.2) is 0 Å². The summed E-state index contributed by atoms with van der Waals surface area (Å²) in [6, 6.07) is 0. The normalized spacial score (nSPS) is 13.1. The Morgan fingerprint density at radius 2 is 1.87 bits per heavy atom. The highest BCUT2D eigenvalue weighted by molar-refractivity contribution is 5.94. The fourth-order valence-electron chi connectivity index (χ4n) is 0.976. The van der Waals surface area contributed by atoms with Gasteiger partial charge in [-0.15, -0.1) is 0 Å². The third-order valence-corrected chi connectivity index (χ3v) is 1.66. The van der Waals surface area contributed by atoms with Gasteiger partial charge in [0.15, 0.2) is 0 Å². The van der Waals surface area contributed by atoms with E-state index in [9.17, 15) is 0 Å². The molecule has 0 spiro atoms. The lowest BCUT2D eigenvalue weighted by Crippen LogP contribution is -1.91. The summed E-state index contributed by atoms with van der Waals surface area (Å²) in [6.07, 6.45) is 14.8. The van der Waals surface area contributed by atoms with Crippen molar-refractivity contribution >= 4 is 11.9 Å². The van der Waals surface area contributed by atoms with Gasteiger partial charge in [0, 0.05) is 18.3 Å². The van der Waals surface area contributed by atoms with Crippen LogP contribution in [-0.2, 0) is 0 Å². The molecule has 0 aliphatic heterocycles. The van der Waals surface area contributed by atoms with E-state index in [1.54, 1.807) is 12.2 Å². The van der Waals surface area contributed by atoms with Crippen LogP contribution in [0.25, 0.3) is 0 Å². The van der Waals surface area contributed by atoms with E-state index >= 15 is 0 Å². The van der Waals surface area contributed by atoms with Crippen molar-refractivity contribution in [1.29, 1.82) is 10.8 Å². The van der Waals surface area contributed by atoms with Crippen molar-refractivity contribution in [2.45, 2.75) is 20.3 Å². The lowest BCUT2D eigenvalue weighted by molar-refractivity contribution is 1.24. The van der Waals surface area contributed by atoms with E-state index in [-0.39, 0.29) is 0 Å². The lowest BCUT2D eigenvalue weighted by atomic mass is 10.1. The van der Waals surface area contributed by atoms with Crippen molar-refractivity contribution in [2.24, 2.45) is 0 Å². The smallest absolute Gasteiger partial charge is 0.0354 e. The van der Waals surface area contributed by atoms with Crippen molar-refractivity contribution in [3.63, 3.8) is 0 Å². The monoisotopic (exact) mass is 202 g/mol. The van der Waals surface area contributed by atoms with E-state index in [2.05, 4.69) is 0 Å². The molecule has 15 heavy (non-hydrogen) atoms. The maximum atomic E-state index is 7.65. The number of nitrogens with one attached hydrogen (secondary N) is 2. The molecule has 0 bridgehead atoms. The molecule has 2 heteroatoms. The van der Waals surface area contributed by atoms with Gasteiger partial charge in [-0.2, -0.15) is 0 Å². The topological polar surface area (TPSA) is 47.7 Å². The van der Waals surface area contributed by atoms with Gasteiger partial charge < -0.3 is 10.8 Å². The summed E-state index contributed by atoms with van der Waals surface area (Å²) in [7, 11) is 0. The van der Waals surface area contributed by atoms with Crippen molar-refractivity contribution in [2.75, 3.05) is 0 Å². The standard InChI is InChI=1S/C13H18N2/c1-3-4-5-9-13(15)11-12(2)8-6-7-10-14/h3-10,14-15H,11H2,1-2H3/b4-3-,7-6-,9-5-,12-8+,14-10?,15-13?. The predicted octanol–water partition coefficient (Wildman–Crippen LogP) is 3.68. The first kappa shape index (κ1) is 13.3. The van der Waals surface area contributed by atoms with Crippen molar-refractivity contribution in [3.8, 4) is 0 Å². The zero-order valence-corrected chi connectivity index (χ0v) is 9.33. The first-order chi connectivity index (χ1) is 7.20. The highest BCUT2D eigenvalue weighted by Gasteiger charge is 1.92. The van der Waals surface area contributed by atoms with Crippen molar-refractivity contribution in [1.82, 2.24) is 0 Å². The fourth-order valence-corrected chi connectivity index (χ4v) is 0.976. The minimum atomic E-state index is 0.588. The summed E-state index contributed by atoms with van der Waals surface area (Å²) in [5.41, 5.74) is 1.70. The molecule has 0 saturated carbocycles. The first-order valence-corrected chi connectivity index (χ1v) is 4.90. The Morgan fingerprint density at radius 1 is 1.13 bits per heavy atom. The molecule has 0 fully saturated rings. The number of allylic oxidation sites excluding steroid dienone is 8. The van der Waals surface area contributed by atoms with Crippen LogP contribution in [0.5, 0.6) is 0 Å². The molecule has 2 nitrogen and oxygen atoms in total. The van der Waals surface area contributed by atoms with E-state index < -0.39 is 0 Å². The Kier molecular flexibility index (Phi) is 7.87. The predicted molar refractivity (Wildman–Crippen MR) is 68.0 cm³/mol. The van der Waals surface area contributed by atoms with Crippen molar-refractivity contribution < 1.29 is 0 Å². The second kappa shape index (κ2) is 8.88. The number of hydrogen-bond donors (Lipinski definition) is 2. The molecule has 0 aromatic rings. The van der Waals surface area contributed by atoms with Crippen LogP contribution in [-0.4, -0.2) is 11.9 Å². The number of hydrogen-bond acceptors (Lipinski definition) is 2. The maximum absolute atomic E-state index is 7.65. The van der Waals surface area contributed by atoms with E-state index in [1.165, 1.54) is 6.21 Å². The molecule has 0 unspecified atom stereocenters. The molecule has 0 aliphatic carbocycles. The summed E-state index contributed by atoms with van der Waals surface area (Å²) in [6.45, 7) is 3.92. The van der Waals surface area contributed by atoms with Gasteiger partial charge in [0.25, 0.3) is 0 Å². The SMILES string of the molecule is C/C=C\C=C/C(=N)C/C(C)=C/C=C\C=N. The summed E-state index contributed by atoms with van der Waals surface area (Å²) in [4.78, 5) is 0. The Labute approximate surface area is 91.7 Å². The Balaban J connectivity index is 4.11. The second-order valence-corrected chi connectivity index (χ2v) is 3.15. The summed E-state index contributed by atoms with van der Waals surface area (Å²) < 4.78 is 0. The summed E-state index contributed by atoms with van der Waals surface area (Å²) >= 11 is 0. The molecular formula is C13H18N2. The molecule has 0 amide bonds. The van der Waals surface area contributed by atoms with Crippen molar-refractivity contribution in [3.05, 3.63) is 48.1 Å². The molecule has 0 atom stereocenters. The second-order valence-electron chi connectivity index (χ2n) is 3.15. The first-order valence-electron chi connectivity index (χ1n) is 4.90. The Hall–Kier alpha value is -1.70. The molecule has 0 aromatic carbocycles. The third-order valence-electron chi connectivity index (χ3n) is 1.66. The average Bonchev–Trinajstić information content (AvgIpc) is 2.18. The maximum Gasteiger partial charge on any atom is 0.0354 e. The number of rotatable bonds is 6. The molecule has 0 radical (unpaired) electrons. The molecule has 0 aliphatic rings. The van der Waals surface area contributed by atoms with Crippen LogP contribution in [0.15, 0.2) is 48.1 Å². The van der Waals surface area contributed by atoms with E-state index in [1.807, 2.05) is 44.2 Å². The molecule has 0 aromatic heterocycles. The van der Waals surface area contributed by atoms with Gasteiger partial charge in [0.05, 0.1) is 0 Å². The minimum absolute atomic E-state index is 0.588. The van der Waals surface area contributed by atoms with Gasteiger partial charge in [-0.05, 0) is 26.0 Å². The van der Waals surface area contributed by atoms with Gasteiger partial charge in [0.2, 0.25) is 0 Å². The van der Waals surface area contributed by atoms with Crippen LogP contribution in [0.3, 0.4) is 0 Å². The molecule has 80 valence electrons. The van der Waals surface area contributed by atoms with Crippen LogP contribution >= 0.6 is 0 Å². The van der Waals surface area contributed by atoms with Gasteiger partial charge >= 0.3 is 0 Å². The van der Waals surface area contributed by atoms with Crippen LogP contribution < -0.4 is 0 Å². The molecule has 0 rings (SSSR count). The van der Waals surface area contributed by atoms with Crippen LogP contribution in [0.4, 0.5) is 0 Å². The third kappa shape index (κ3) is 8.63. The zero-order chi connectivity index (χ0) is 11.5. The average molecular weight is 202 g/mol. The molecule has 0 saturated heterocycles. The minimum Gasteiger partial charge on any atom is -0.309 e. The zero-order valence-electron chi connectivity index (χ0n) is 9.33. The van der Waals surface area contributed by atoms with Crippen LogP contribution in [0.2, 0.25) is 0 Å². The van der Waals surface area contributed by atoms with E-state index in [0.717, 1.165) is 5.57 Å². The Bertz CT molecular complexity index is 317. The molecule has 0 heterocycles. The van der Waals surface area contributed by atoms with Gasteiger partial charge in [0.1, 0.15) is 0 Å². The summed E-state index contributed by atoms with van der Waals surface area (Å²) in [5, 5.41) is 14.4. The quantitative estimate of drug-likeness (QED) is 0.487. The van der Waals surface area contributed by atoms with Gasteiger partial charge in [-0.3, -0.25) is 0 Å². The summed E-state index contributed by atoms with van der Waals surface area (Å²) in [5.74, 6) is 0. The molecular weight excluding hydrogens is 184 g/mol. The van der Waals surface area contributed by atoms with Crippen LogP contribution in [0, 0.1) is 10.8 Å². The van der Waals surface area contributed by atoms with Crippen LogP contribution in [0.1, 0.15) is 20.3 Å². The lowest BCUT2D eigenvalue weighted by Gasteiger charge is -1.97. The highest BCUT2D eigenvalue weighted by Crippen LogP contribution is 2.02. The Morgan fingerprint density at radius 3 is 2.47 bits per heavy atom. The van der Waals surface area contributed by atoms with E-state index in [4.69, 9.17) is 10.8 Å². The fraction of sp³-hybridized carbons (Fsp3) is 0.231. The molecule has 2 N–H and O–H groups in total. The van der Waals surface area contributed by atoms with E-state index in [0.29, 0.717) is 12.1 Å². The highest BCUT2D eigenvalue weighted by atomic mass is 14.4.